The van der Waals surface area contributed by atoms with Gasteiger partial charge in [0.25, 0.3) is 0 Å². The van der Waals surface area contributed by atoms with E-state index in [4.69, 9.17) is 9.47 Å². The zero-order valence-electron chi connectivity index (χ0n) is 18.6. The summed E-state index contributed by atoms with van der Waals surface area (Å²) in [5, 5.41) is 2.58. The number of hydrogen-bond acceptors (Lipinski definition) is 7. The van der Waals surface area contributed by atoms with Crippen molar-refractivity contribution in [1.82, 2.24) is 4.31 Å². The van der Waals surface area contributed by atoms with Crippen molar-refractivity contribution < 1.29 is 31.1 Å². The third kappa shape index (κ3) is 5.75. The van der Waals surface area contributed by atoms with Crippen LogP contribution in [0.25, 0.3) is 0 Å². The molecule has 0 aliphatic carbocycles. The first-order chi connectivity index (χ1) is 15.6. The van der Waals surface area contributed by atoms with Gasteiger partial charge in [0, 0.05) is 13.1 Å². The van der Waals surface area contributed by atoms with E-state index in [0.717, 1.165) is 23.4 Å². The van der Waals surface area contributed by atoms with Gasteiger partial charge in [-0.1, -0.05) is 0 Å². The van der Waals surface area contributed by atoms with Crippen molar-refractivity contribution in [3.63, 3.8) is 0 Å². The lowest BCUT2D eigenvalue weighted by atomic mass is 10.3. The maximum atomic E-state index is 12.9. The van der Waals surface area contributed by atoms with Crippen LogP contribution in [-0.2, 0) is 24.8 Å². The number of amides is 1. The first-order valence-electron chi connectivity index (χ1n) is 10.2. The van der Waals surface area contributed by atoms with Crippen LogP contribution in [0.15, 0.2) is 47.4 Å². The maximum Gasteiger partial charge on any atom is 0.245 e. The van der Waals surface area contributed by atoms with Gasteiger partial charge < -0.3 is 14.8 Å². The van der Waals surface area contributed by atoms with Gasteiger partial charge in [-0.15, -0.1) is 0 Å². The number of nitrogens with zero attached hydrogens (tertiary/aromatic N) is 2. The number of rotatable bonds is 9. The second kappa shape index (κ2) is 9.98. The number of sulfonamides is 2. The molecule has 0 atom stereocenters. The van der Waals surface area contributed by atoms with Gasteiger partial charge in [0.05, 0.1) is 36.7 Å². The maximum absolute atomic E-state index is 12.9. The van der Waals surface area contributed by atoms with Crippen LogP contribution in [0.5, 0.6) is 11.5 Å². The summed E-state index contributed by atoms with van der Waals surface area (Å²) < 4.78 is 63.1. The van der Waals surface area contributed by atoms with Crippen molar-refractivity contribution in [2.75, 3.05) is 49.7 Å². The molecule has 1 N–H and O–H groups in total. The van der Waals surface area contributed by atoms with Crippen molar-refractivity contribution in [2.24, 2.45) is 0 Å². The van der Waals surface area contributed by atoms with E-state index in [0.29, 0.717) is 18.8 Å². The third-order valence-electron chi connectivity index (χ3n) is 5.20. The summed E-state index contributed by atoms with van der Waals surface area (Å²) in [5.74, 6) is 0.127. The van der Waals surface area contributed by atoms with Crippen LogP contribution in [0.2, 0.25) is 0 Å². The zero-order chi connectivity index (χ0) is 24.2. The Morgan fingerprint density at radius 3 is 2.18 bits per heavy atom. The molecule has 0 aromatic heterocycles. The molecule has 1 aliphatic rings. The van der Waals surface area contributed by atoms with Gasteiger partial charge in [-0.3, -0.25) is 9.10 Å². The van der Waals surface area contributed by atoms with Gasteiger partial charge >= 0.3 is 0 Å². The Bertz CT molecular complexity index is 1210. The summed E-state index contributed by atoms with van der Waals surface area (Å²) in [4.78, 5) is 12.8. The van der Waals surface area contributed by atoms with Gasteiger partial charge in [-0.2, -0.15) is 4.31 Å². The quantitative estimate of drug-likeness (QED) is 0.561. The number of nitrogens with one attached hydrogen (secondary N) is 1. The number of carbonyl (C=O) groups excluding carboxylic acids is 1. The molecule has 0 bridgehead atoms. The SMILES string of the molecule is COc1ccc(N(CC(=O)Nc2cc(S(=O)(=O)N3CCCC3)ccc2OC)S(C)(=O)=O)cc1. The van der Waals surface area contributed by atoms with Crippen LogP contribution >= 0.6 is 0 Å². The average Bonchev–Trinajstić information content (AvgIpc) is 3.33. The van der Waals surface area contributed by atoms with Gasteiger partial charge in [0.1, 0.15) is 18.0 Å². The molecule has 1 fully saturated rings. The first kappa shape index (κ1) is 24.8. The number of carbonyl (C=O) groups is 1. The van der Waals surface area contributed by atoms with E-state index >= 15 is 0 Å². The van der Waals surface area contributed by atoms with E-state index in [9.17, 15) is 21.6 Å². The number of anilines is 2. The number of benzene rings is 2. The predicted octanol–water partition coefficient (Wildman–Crippen LogP) is 1.89. The molecule has 0 spiro atoms. The van der Waals surface area contributed by atoms with Crippen molar-refractivity contribution >= 4 is 37.3 Å². The topological polar surface area (TPSA) is 122 Å². The molecule has 1 saturated heterocycles. The molecule has 0 radical (unpaired) electrons. The van der Waals surface area contributed by atoms with Gasteiger partial charge in [-0.05, 0) is 55.3 Å². The van der Waals surface area contributed by atoms with E-state index < -0.39 is 32.5 Å². The highest BCUT2D eigenvalue weighted by Gasteiger charge is 2.28. The summed E-state index contributed by atoms with van der Waals surface area (Å²) in [6, 6.07) is 10.4. The third-order valence-corrected chi connectivity index (χ3v) is 8.23. The zero-order valence-corrected chi connectivity index (χ0v) is 20.3. The molecular weight excluding hydrogens is 470 g/mol. The highest BCUT2D eigenvalue weighted by atomic mass is 32.2. The van der Waals surface area contributed by atoms with Gasteiger partial charge in [-0.25, -0.2) is 16.8 Å². The minimum Gasteiger partial charge on any atom is -0.497 e. The molecule has 10 nitrogen and oxygen atoms in total. The van der Waals surface area contributed by atoms with Crippen LogP contribution in [0.1, 0.15) is 12.8 Å². The molecule has 0 unspecified atom stereocenters. The van der Waals surface area contributed by atoms with E-state index in [2.05, 4.69) is 5.32 Å². The molecule has 3 rings (SSSR count). The van der Waals surface area contributed by atoms with Crippen molar-refractivity contribution in [3.05, 3.63) is 42.5 Å². The Hall–Kier alpha value is -2.83. The Balaban J connectivity index is 1.85. The Morgan fingerprint density at radius 1 is 1.00 bits per heavy atom. The molecule has 33 heavy (non-hydrogen) atoms. The van der Waals surface area contributed by atoms with E-state index in [-0.39, 0.29) is 22.0 Å². The summed E-state index contributed by atoms with van der Waals surface area (Å²) in [7, 11) is -4.62. The predicted molar refractivity (Wildman–Crippen MR) is 125 cm³/mol. The smallest absolute Gasteiger partial charge is 0.245 e. The lowest BCUT2D eigenvalue weighted by molar-refractivity contribution is -0.114. The molecule has 2 aromatic carbocycles. The molecule has 180 valence electrons. The molecule has 12 heteroatoms. The van der Waals surface area contributed by atoms with E-state index in [1.807, 2.05) is 0 Å². The van der Waals surface area contributed by atoms with E-state index in [1.54, 1.807) is 12.1 Å². The van der Waals surface area contributed by atoms with E-state index in [1.165, 1.54) is 48.9 Å². The second-order valence-electron chi connectivity index (χ2n) is 7.49. The fourth-order valence-electron chi connectivity index (χ4n) is 3.49. The monoisotopic (exact) mass is 497 g/mol. The van der Waals surface area contributed by atoms with Crippen LogP contribution in [0.4, 0.5) is 11.4 Å². The Morgan fingerprint density at radius 2 is 1.64 bits per heavy atom. The summed E-state index contributed by atoms with van der Waals surface area (Å²) in [6.45, 7) is 0.375. The summed E-state index contributed by atoms with van der Waals surface area (Å²) in [6.07, 6.45) is 2.59. The largest absolute Gasteiger partial charge is 0.497 e. The number of hydrogen-bond donors (Lipinski definition) is 1. The van der Waals surface area contributed by atoms with Gasteiger partial charge in [0.2, 0.25) is 26.0 Å². The molecule has 2 aromatic rings. The van der Waals surface area contributed by atoms with Crippen LogP contribution in [0.3, 0.4) is 0 Å². The summed E-state index contributed by atoms with van der Waals surface area (Å²) in [5.41, 5.74) is 0.414. The number of methoxy groups -OCH3 is 2. The molecular formula is C21H27N3O7S2. The molecule has 1 heterocycles. The standard InChI is InChI=1S/C21H27N3O7S2/c1-30-17-8-6-16(7-9-17)24(32(3,26)27)15-21(25)22-19-14-18(10-11-20(19)31-2)33(28,29)23-12-4-5-13-23/h6-11,14H,4-5,12-13,15H2,1-3H3,(H,22,25). The lowest BCUT2D eigenvalue weighted by Crippen LogP contribution is -2.37. The average molecular weight is 498 g/mol. The minimum atomic E-state index is -3.79. The minimum absolute atomic E-state index is 0.0237. The molecule has 1 aliphatic heterocycles. The fourth-order valence-corrected chi connectivity index (χ4v) is 5.89. The second-order valence-corrected chi connectivity index (χ2v) is 11.3. The highest BCUT2D eigenvalue weighted by Crippen LogP contribution is 2.30. The Kier molecular flexibility index (Phi) is 7.50. The van der Waals surface area contributed by atoms with Crippen molar-refractivity contribution in [2.45, 2.75) is 17.7 Å². The highest BCUT2D eigenvalue weighted by molar-refractivity contribution is 7.92. The van der Waals surface area contributed by atoms with Gasteiger partial charge in [0.15, 0.2) is 0 Å². The lowest BCUT2D eigenvalue weighted by Gasteiger charge is -2.22. The fraction of sp³-hybridized carbons (Fsp3) is 0.381. The van der Waals surface area contributed by atoms with Crippen LogP contribution in [0, 0.1) is 0 Å². The van der Waals surface area contributed by atoms with Crippen molar-refractivity contribution in [1.29, 1.82) is 0 Å². The van der Waals surface area contributed by atoms with Crippen LogP contribution in [-0.4, -0.2) is 67.2 Å². The first-order valence-corrected chi connectivity index (χ1v) is 13.4. The normalized spacial score (nSPS) is 14.6. The molecule has 1 amide bonds. The summed E-state index contributed by atoms with van der Waals surface area (Å²) >= 11 is 0. The van der Waals surface area contributed by atoms with Crippen LogP contribution < -0.4 is 19.1 Å². The molecule has 0 saturated carbocycles. The Labute approximate surface area is 194 Å². The number of ether oxygens (including phenoxy) is 2. The van der Waals surface area contributed by atoms with Crippen molar-refractivity contribution in [3.8, 4) is 11.5 Å².